The first-order valence-electron chi connectivity index (χ1n) is 12.6. The number of hydrogen-bond acceptors (Lipinski definition) is 4. The second-order valence-corrected chi connectivity index (χ2v) is 10.4. The topological polar surface area (TPSA) is 66.8 Å². The fraction of sp³-hybridized carbons (Fsp3) is 0.276. The zero-order chi connectivity index (χ0) is 25.5. The molecule has 37 heavy (non-hydrogen) atoms. The number of benzene rings is 3. The first-order valence-corrected chi connectivity index (χ1v) is 13.0. The smallest absolute Gasteiger partial charge is 0.261 e. The van der Waals surface area contributed by atoms with E-state index >= 15 is 0 Å². The van der Waals surface area contributed by atoms with Crippen LogP contribution in [0.4, 0.5) is 4.39 Å². The Kier molecular flexibility index (Phi) is 6.26. The summed E-state index contributed by atoms with van der Waals surface area (Å²) in [6.45, 7) is 5.98. The van der Waals surface area contributed by atoms with Gasteiger partial charge in [-0.3, -0.25) is 9.36 Å². The molecule has 188 valence electrons. The van der Waals surface area contributed by atoms with Crippen LogP contribution in [0.15, 0.2) is 65.7 Å². The molecule has 1 N–H and O–H groups in total. The van der Waals surface area contributed by atoms with Crippen LogP contribution in [-0.4, -0.2) is 44.1 Å². The highest BCUT2D eigenvalue weighted by atomic mass is 35.5. The third kappa shape index (κ3) is 4.77. The number of halogens is 2. The summed E-state index contributed by atoms with van der Waals surface area (Å²) in [7, 11) is 0. The quantitative estimate of drug-likeness (QED) is 0.306. The normalized spacial score (nSPS) is 15.1. The van der Waals surface area contributed by atoms with Crippen LogP contribution in [0.1, 0.15) is 19.8 Å². The molecule has 1 aliphatic heterocycles. The van der Waals surface area contributed by atoms with Crippen LogP contribution in [0.5, 0.6) is 0 Å². The second kappa shape index (κ2) is 9.72. The molecule has 5 aromatic rings. The van der Waals surface area contributed by atoms with E-state index in [9.17, 15) is 9.18 Å². The summed E-state index contributed by atoms with van der Waals surface area (Å²) >= 11 is 5.95. The van der Waals surface area contributed by atoms with Gasteiger partial charge in [0, 0.05) is 18.7 Å². The summed E-state index contributed by atoms with van der Waals surface area (Å²) in [6.07, 6.45) is 4.10. The van der Waals surface area contributed by atoms with Crippen molar-refractivity contribution in [3.8, 4) is 22.5 Å². The van der Waals surface area contributed by atoms with Crippen LogP contribution in [-0.2, 0) is 6.54 Å². The van der Waals surface area contributed by atoms with Gasteiger partial charge in [-0.1, -0.05) is 30.7 Å². The molecule has 2 aromatic heterocycles. The summed E-state index contributed by atoms with van der Waals surface area (Å²) in [5.41, 5.74) is 4.89. The van der Waals surface area contributed by atoms with Crippen LogP contribution < -0.4 is 5.56 Å². The molecule has 1 fully saturated rings. The van der Waals surface area contributed by atoms with Gasteiger partial charge >= 0.3 is 0 Å². The van der Waals surface area contributed by atoms with E-state index in [0.717, 1.165) is 47.7 Å². The van der Waals surface area contributed by atoms with E-state index < -0.39 is 5.82 Å². The zero-order valence-corrected chi connectivity index (χ0v) is 21.3. The fourth-order valence-electron chi connectivity index (χ4n) is 5.00. The Hall–Kier alpha value is -3.55. The van der Waals surface area contributed by atoms with E-state index in [4.69, 9.17) is 11.6 Å². The summed E-state index contributed by atoms with van der Waals surface area (Å²) in [4.78, 5) is 28.2. The minimum atomic E-state index is -0.463. The van der Waals surface area contributed by atoms with Crippen molar-refractivity contribution in [2.45, 2.75) is 26.3 Å². The molecule has 0 atom stereocenters. The van der Waals surface area contributed by atoms with Crippen LogP contribution in [0.2, 0.25) is 5.02 Å². The molecule has 0 saturated carbocycles. The summed E-state index contributed by atoms with van der Waals surface area (Å²) in [5.74, 6) is 0.936. The van der Waals surface area contributed by atoms with E-state index in [1.54, 1.807) is 23.0 Å². The average Bonchev–Trinajstić information content (AvgIpc) is 3.34. The summed E-state index contributed by atoms with van der Waals surface area (Å²) in [5, 5.41) is 0.665. The Balaban J connectivity index is 1.29. The molecule has 1 aliphatic rings. The first-order chi connectivity index (χ1) is 17.9. The lowest BCUT2D eigenvalue weighted by atomic mass is 9.99. The molecular formula is C29H27ClFN5O. The Morgan fingerprint density at radius 3 is 2.49 bits per heavy atom. The Bertz CT molecular complexity index is 1670. The molecule has 3 heterocycles. The maximum atomic E-state index is 13.6. The van der Waals surface area contributed by atoms with Gasteiger partial charge in [-0.25, -0.2) is 14.4 Å². The molecule has 0 radical (unpaired) electrons. The minimum absolute atomic E-state index is 0.0182. The molecule has 0 amide bonds. The molecule has 3 aromatic carbocycles. The maximum Gasteiger partial charge on any atom is 0.261 e. The van der Waals surface area contributed by atoms with Crippen molar-refractivity contribution in [1.29, 1.82) is 0 Å². The highest BCUT2D eigenvalue weighted by Gasteiger charge is 2.16. The van der Waals surface area contributed by atoms with E-state index in [1.807, 2.05) is 36.4 Å². The Morgan fingerprint density at radius 2 is 1.70 bits per heavy atom. The van der Waals surface area contributed by atoms with Gasteiger partial charge in [0.05, 0.1) is 33.3 Å². The number of H-pyrrole nitrogens is 1. The number of aromatic amines is 1. The highest BCUT2D eigenvalue weighted by molar-refractivity contribution is 6.31. The lowest BCUT2D eigenvalue weighted by Gasteiger charge is -2.30. The van der Waals surface area contributed by atoms with Gasteiger partial charge in [0.15, 0.2) is 0 Å². The van der Waals surface area contributed by atoms with Gasteiger partial charge in [-0.05, 0) is 85.4 Å². The highest BCUT2D eigenvalue weighted by Crippen LogP contribution is 2.29. The molecule has 6 rings (SSSR count). The van der Waals surface area contributed by atoms with Crippen molar-refractivity contribution in [1.82, 2.24) is 24.4 Å². The van der Waals surface area contributed by atoms with Gasteiger partial charge in [-0.15, -0.1) is 0 Å². The third-order valence-electron chi connectivity index (χ3n) is 7.37. The van der Waals surface area contributed by atoms with Crippen molar-refractivity contribution < 1.29 is 4.39 Å². The molecule has 0 unspecified atom stereocenters. The third-order valence-corrected chi connectivity index (χ3v) is 7.66. The van der Waals surface area contributed by atoms with E-state index in [2.05, 4.69) is 26.8 Å². The van der Waals surface area contributed by atoms with Gasteiger partial charge < -0.3 is 9.88 Å². The van der Waals surface area contributed by atoms with E-state index in [0.29, 0.717) is 28.8 Å². The predicted molar refractivity (Wildman–Crippen MR) is 146 cm³/mol. The number of imidazole rings is 1. The van der Waals surface area contributed by atoms with Crippen LogP contribution in [0.3, 0.4) is 0 Å². The molecule has 0 spiro atoms. The van der Waals surface area contributed by atoms with Gasteiger partial charge in [0.1, 0.15) is 11.6 Å². The Morgan fingerprint density at radius 1 is 0.973 bits per heavy atom. The number of likely N-dealkylation sites (tertiary alicyclic amines) is 1. The molecule has 8 heteroatoms. The Labute approximate surface area is 218 Å². The maximum absolute atomic E-state index is 13.6. The molecule has 0 bridgehead atoms. The molecule has 0 aliphatic carbocycles. The predicted octanol–water partition coefficient (Wildman–Crippen LogP) is 6.13. The summed E-state index contributed by atoms with van der Waals surface area (Å²) < 4.78 is 15.3. The van der Waals surface area contributed by atoms with Crippen LogP contribution >= 0.6 is 11.6 Å². The van der Waals surface area contributed by atoms with Gasteiger partial charge in [0.2, 0.25) is 0 Å². The average molecular weight is 516 g/mol. The number of nitrogens with one attached hydrogen (secondary N) is 1. The van der Waals surface area contributed by atoms with Crippen molar-refractivity contribution >= 4 is 33.5 Å². The summed E-state index contributed by atoms with van der Waals surface area (Å²) in [6, 6.07) is 16.2. The molecular weight excluding hydrogens is 489 g/mol. The van der Waals surface area contributed by atoms with Crippen LogP contribution in [0, 0.1) is 11.7 Å². The molecule has 6 nitrogen and oxygen atoms in total. The number of rotatable bonds is 5. The standard InChI is InChI=1S/C29H27ClFN5O/c1-18-8-10-35(11-9-18)12-13-36-17-32-25-6-3-19(14-22(25)29(36)37)20-4-7-26-27(16-20)34-28(33-26)21-2-5-24(31)23(30)15-21/h2-7,14-18H,8-13H2,1H3,(H,33,34). The zero-order valence-electron chi connectivity index (χ0n) is 20.5. The second-order valence-electron chi connectivity index (χ2n) is 9.95. The number of fused-ring (bicyclic) bond motifs is 2. The SMILES string of the molecule is CC1CCN(CCn2cnc3ccc(-c4ccc5nc(-c6ccc(F)c(Cl)c6)[nH]c5c4)cc3c2=O)CC1. The largest absolute Gasteiger partial charge is 0.338 e. The number of nitrogens with zero attached hydrogens (tertiary/aromatic N) is 4. The lowest BCUT2D eigenvalue weighted by molar-refractivity contribution is 0.186. The van der Waals surface area contributed by atoms with Crippen molar-refractivity contribution in [2.24, 2.45) is 5.92 Å². The van der Waals surface area contributed by atoms with E-state index in [-0.39, 0.29) is 10.6 Å². The van der Waals surface area contributed by atoms with Gasteiger partial charge in [0.25, 0.3) is 5.56 Å². The molecule has 1 saturated heterocycles. The van der Waals surface area contributed by atoms with E-state index in [1.165, 1.54) is 18.9 Å². The van der Waals surface area contributed by atoms with Crippen molar-refractivity contribution in [3.63, 3.8) is 0 Å². The number of hydrogen-bond donors (Lipinski definition) is 1. The minimum Gasteiger partial charge on any atom is -0.338 e. The number of piperidine rings is 1. The first kappa shape index (κ1) is 23.8. The lowest BCUT2D eigenvalue weighted by Crippen LogP contribution is -2.36. The number of aromatic nitrogens is 4. The van der Waals surface area contributed by atoms with Crippen LogP contribution in [0.25, 0.3) is 44.5 Å². The van der Waals surface area contributed by atoms with Gasteiger partial charge in [-0.2, -0.15) is 0 Å². The fourth-order valence-corrected chi connectivity index (χ4v) is 5.18. The monoisotopic (exact) mass is 515 g/mol. The van der Waals surface area contributed by atoms with Crippen molar-refractivity contribution in [2.75, 3.05) is 19.6 Å². The van der Waals surface area contributed by atoms with Crippen molar-refractivity contribution in [3.05, 3.63) is 82.1 Å².